The molecule has 3 aliphatic rings. The van der Waals surface area contributed by atoms with Crippen LogP contribution in [0.5, 0.6) is 0 Å². The Morgan fingerprint density at radius 2 is 1.21 bits per heavy atom. The first-order chi connectivity index (χ1) is 47.1. The van der Waals surface area contributed by atoms with Gasteiger partial charge in [0.2, 0.25) is 11.6 Å². The summed E-state index contributed by atoms with van der Waals surface area (Å²) in [7, 11) is -55.7. The van der Waals surface area contributed by atoms with Gasteiger partial charge < -0.3 is 49.4 Å². The van der Waals surface area contributed by atoms with Crippen LogP contribution in [0.3, 0.4) is 0 Å². The second kappa shape index (κ2) is 34.5. The number of fused-ring (bicyclic) bond motifs is 2. The topological polar surface area (TPSA) is 626 Å². The van der Waals surface area contributed by atoms with Gasteiger partial charge in [0.05, 0.1) is 46.0 Å². The molecule has 1 amide bonds. The van der Waals surface area contributed by atoms with Gasteiger partial charge in [0.1, 0.15) is 18.9 Å². The Hall–Kier alpha value is -4.30. The maximum Gasteiger partial charge on any atom is 0.490 e. The zero-order chi connectivity index (χ0) is 77.4. The number of carbonyl (C=O) groups is 1. The number of unbranched alkanes of at least 4 members (excludes halogenated alkanes) is 5. The summed E-state index contributed by atoms with van der Waals surface area (Å²) in [5.74, 6) is -1.56. The molecule has 3 aromatic rings. The van der Waals surface area contributed by atoms with Gasteiger partial charge in [-0.15, -0.1) is 0 Å². The molecule has 1 fully saturated rings. The number of anilines is 1. The van der Waals surface area contributed by atoms with Gasteiger partial charge in [-0.05, 0) is 102 Å². The zero-order valence-electron chi connectivity index (χ0n) is 54.9. The van der Waals surface area contributed by atoms with E-state index in [2.05, 4.69) is 35.9 Å². The van der Waals surface area contributed by atoms with Crippen LogP contribution in [0, 0.1) is 6.92 Å². The number of nitrogens with one attached hydrogen (secondary N) is 2. The normalized spacial score (nSPS) is 22.7. The summed E-state index contributed by atoms with van der Waals surface area (Å²) in [6.45, 7) is 5.10. The summed E-state index contributed by atoms with van der Waals surface area (Å²) in [4.78, 5) is 99.1. The Labute approximate surface area is 589 Å². The van der Waals surface area contributed by atoms with Crippen LogP contribution in [0.25, 0.3) is 0 Å². The Morgan fingerprint density at radius 1 is 0.680 bits per heavy atom. The highest BCUT2D eigenvalue weighted by atomic mass is 32.2. The fraction of sp³-hybridized carbons (Fsp3) is 0.538. The van der Waals surface area contributed by atoms with Gasteiger partial charge in [-0.3, -0.25) is 46.4 Å². The van der Waals surface area contributed by atoms with Crippen molar-refractivity contribution in [2.45, 2.75) is 144 Å². The minimum Gasteiger partial charge on any atom is -0.390 e. The molecule has 0 spiro atoms. The van der Waals surface area contributed by atoms with E-state index in [9.17, 15) is 128 Å². The smallest absolute Gasteiger partial charge is 0.390 e. The number of aryl methyl sites for hydroxylation is 1. The van der Waals surface area contributed by atoms with Crippen LogP contribution in [-0.4, -0.2) is 169 Å². The molecule has 1 saturated heterocycles. The van der Waals surface area contributed by atoms with Gasteiger partial charge in [0, 0.05) is 78.6 Å². The fourth-order valence-electron chi connectivity index (χ4n) is 11.2. The summed E-state index contributed by atoms with van der Waals surface area (Å²) in [5.41, 5.74) is -0.603. The highest BCUT2D eigenvalue weighted by molar-refractivity contribution is 7.86. The molecule has 1 aromatic heterocycles. The number of amides is 1. The summed E-state index contributed by atoms with van der Waals surface area (Å²) in [6.07, 6.45) is 7.00. The number of phosphoric acid groups is 6. The van der Waals surface area contributed by atoms with Gasteiger partial charge in [-0.25, -0.2) is 32.2 Å². The lowest BCUT2D eigenvalue weighted by Crippen LogP contribution is -2.33. The van der Waals surface area contributed by atoms with Crippen LogP contribution < -0.4 is 21.5 Å². The highest BCUT2D eigenvalue weighted by Gasteiger charge is 2.51. The number of hydrogen-bond donors (Lipinski definition) is 13. The lowest BCUT2D eigenvalue weighted by atomic mass is 9.77. The third kappa shape index (κ3) is 26.2. The first-order valence-electron chi connectivity index (χ1n) is 30.5. The fourth-order valence-corrected chi connectivity index (χ4v) is 21.0. The largest absolute Gasteiger partial charge is 0.490 e. The van der Waals surface area contributed by atoms with E-state index in [0.717, 1.165) is 10.8 Å². The number of ether oxygens (including phenoxy) is 1. The van der Waals surface area contributed by atoms with Gasteiger partial charge in [0.15, 0.2) is 5.71 Å². The number of aliphatic hydroxyl groups is 1. The minimum atomic E-state index is -6.58. The lowest BCUT2D eigenvalue weighted by molar-refractivity contribution is -0.437. The molecule has 6 rings (SSSR count). The quantitative estimate of drug-likeness (QED) is 0.0106. The number of allylic oxidation sites excluding steroid dienone is 6. The number of aliphatic hydroxyl groups excluding tert-OH is 1. The van der Waals surface area contributed by atoms with Crippen molar-refractivity contribution < 1.29 is 158 Å². The molecule has 41 nitrogen and oxygen atoms in total. The first-order valence-corrected chi connectivity index (χ1v) is 45.6. The highest BCUT2D eigenvalue weighted by Crippen LogP contribution is 2.75. The van der Waals surface area contributed by atoms with E-state index in [1.165, 1.54) is 43.3 Å². The van der Waals surface area contributed by atoms with Crippen molar-refractivity contribution in [1.29, 1.82) is 0 Å². The third-order valence-electron chi connectivity index (χ3n) is 15.8. The van der Waals surface area contributed by atoms with E-state index in [0.29, 0.717) is 72.4 Å². The van der Waals surface area contributed by atoms with E-state index in [-0.39, 0.29) is 74.5 Å². The van der Waals surface area contributed by atoms with Crippen molar-refractivity contribution in [3.05, 3.63) is 116 Å². The zero-order valence-corrected chi connectivity index (χ0v) is 63.5. The molecule has 0 saturated carbocycles. The molecule has 13 N–H and O–H groups in total. The second-order valence-corrected chi connectivity index (χ2v) is 39.5. The number of H-pyrrole nitrogens is 1. The van der Waals surface area contributed by atoms with Crippen molar-refractivity contribution >= 4 is 110 Å². The minimum absolute atomic E-state index is 0.00101. The molecule has 580 valence electrons. The number of aromatic amines is 1. The van der Waals surface area contributed by atoms with E-state index < -0.39 is 158 Å². The SMILES string of the molecule is Cc1cn([C@H]2C[C@H](O)[C@@H](COP(=O)(O)OP(=O)(O)OP(=O)(O)OP(=O)(O)OP(=O)(O)OP(=O)(O)OCCCCCCNC(=O)CCCCCC3(C)C(=CC=CC=CC4=[N+](CCCS(=O)(=O)O)c5ccc(S(=O)(=O)O)cc5C4(C)C)N(CCCS(=O)(=O)O)c4ccc(S(=O)(=O)O)cc43)O2)c(=O)[nH]c1=O. The number of benzene rings is 2. The van der Waals surface area contributed by atoms with E-state index in [1.807, 2.05) is 4.98 Å². The summed E-state index contributed by atoms with van der Waals surface area (Å²) in [5, 5.41) is 13.1. The van der Waals surface area contributed by atoms with Gasteiger partial charge in [-0.1, -0.05) is 43.9 Å². The van der Waals surface area contributed by atoms with Crippen LogP contribution in [0.1, 0.15) is 121 Å². The average molecular weight is 1660 g/mol. The van der Waals surface area contributed by atoms with Crippen LogP contribution >= 0.6 is 46.9 Å². The molecule has 0 radical (unpaired) electrons. The number of aromatic nitrogens is 2. The predicted octanol–water partition coefficient (Wildman–Crippen LogP) is 5.74. The van der Waals surface area contributed by atoms with Crippen molar-refractivity contribution in [3.63, 3.8) is 0 Å². The molecular formula is C52H78N5O36P6S4+. The summed E-state index contributed by atoms with van der Waals surface area (Å²) >= 11 is 0. The third-order valence-corrected chi connectivity index (χ3v) is 28.3. The van der Waals surface area contributed by atoms with E-state index in [1.54, 1.807) is 60.6 Å². The van der Waals surface area contributed by atoms with Crippen molar-refractivity contribution in [2.24, 2.45) is 0 Å². The number of phosphoric ester groups is 2. The van der Waals surface area contributed by atoms with Crippen LogP contribution in [0.15, 0.2) is 98.1 Å². The van der Waals surface area contributed by atoms with Crippen LogP contribution in [-0.2, 0) is 119 Å². The number of rotatable bonds is 41. The Kier molecular flexibility index (Phi) is 29.4. The maximum atomic E-state index is 12.9. The van der Waals surface area contributed by atoms with Gasteiger partial charge in [0.25, 0.3) is 46.0 Å². The van der Waals surface area contributed by atoms with Crippen molar-refractivity contribution in [3.8, 4) is 0 Å². The molecular weight excluding hydrogens is 1580 g/mol. The van der Waals surface area contributed by atoms with Crippen molar-refractivity contribution in [1.82, 2.24) is 14.9 Å². The average Bonchev–Trinajstić information content (AvgIpc) is 1.59. The maximum absolute atomic E-state index is 12.9. The van der Waals surface area contributed by atoms with Crippen LogP contribution in [0.4, 0.5) is 11.4 Å². The van der Waals surface area contributed by atoms with Crippen molar-refractivity contribution in [2.75, 3.05) is 49.3 Å². The number of hydrogen-bond acceptors (Lipinski definition) is 27. The Morgan fingerprint density at radius 3 is 1.80 bits per heavy atom. The summed E-state index contributed by atoms with van der Waals surface area (Å²) < 4.78 is 245. The molecule has 7 unspecified atom stereocenters. The number of carbonyl (C=O) groups excluding carboxylic acids is 1. The standard InChI is InChI=1S/C52H77N5O36P6S4/c1-36-34-57(50(61)54-49(36)60)48-33-43(58)44(88-48)35-87-95(64,65)90-97(68,69)92-99(72,73)93-98(70,71)91-96(66,67)89-94(62,63)86-28-14-6-5-13-25-53-47(59)19-11-8-12-24-52(4)40-32-38(103(83,84)85)21-23-42(40)56(27-16-30-101(77,78)79)46(52)18-10-7-9-17-45-51(2,3)39-31-37(102(80,81)82)20-22-41(39)55(45)26-15-29-100(74,75)76/h7,9-10,17-18,20-23,31-32,34,43-44,48,58H,5-6,8,11-16,19,24-30,33,35H2,1-4H3,(H11-,53,54,59,60,61,62,63,64,65,66,67,68,69,70,71,72,73,74,75,76,77,78,79,80,81,82,83,84,85)/p+1/t43-,44+,48+,52?/m0/s1. The molecule has 10 atom stereocenters. The molecule has 3 aliphatic heterocycles. The summed E-state index contributed by atoms with van der Waals surface area (Å²) in [6, 6.07) is 7.89. The first kappa shape index (κ1) is 87.6. The van der Waals surface area contributed by atoms with E-state index >= 15 is 0 Å². The molecule has 2 aromatic carbocycles. The molecule has 0 aliphatic carbocycles. The predicted molar refractivity (Wildman–Crippen MR) is 360 cm³/mol. The second-order valence-electron chi connectivity index (χ2n) is 24.1. The lowest BCUT2D eigenvalue weighted by Gasteiger charge is -2.30. The molecule has 0 bridgehead atoms. The monoisotopic (exact) mass is 1660 g/mol. The van der Waals surface area contributed by atoms with E-state index in [4.69, 9.17) is 4.74 Å². The molecule has 4 heterocycles. The number of nitrogens with zero attached hydrogens (tertiary/aromatic N) is 3. The molecule has 103 heavy (non-hydrogen) atoms. The van der Waals surface area contributed by atoms with Gasteiger partial charge in [-0.2, -0.15) is 59.8 Å². The Bertz CT molecular complexity index is 4720. The van der Waals surface area contributed by atoms with Crippen LogP contribution in [0.2, 0.25) is 0 Å². The Balaban J connectivity index is 0.966. The van der Waals surface area contributed by atoms with Gasteiger partial charge >= 0.3 is 52.6 Å². The molecule has 51 heteroatoms.